The zero-order valence-corrected chi connectivity index (χ0v) is 24.3. The summed E-state index contributed by atoms with van der Waals surface area (Å²) in [6.45, 7) is 6.40. The van der Waals surface area contributed by atoms with Crippen molar-refractivity contribution in [3.05, 3.63) is 41.9 Å². The van der Waals surface area contributed by atoms with Crippen molar-refractivity contribution in [1.82, 2.24) is 29.3 Å². The van der Waals surface area contributed by atoms with Crippen molar-refractivity contribution in [2.24, 2.45) is 18.3 Å². The van der Waals surface area contributed by atoms with Gasteiger partial charge in [-0.2, -0.15) is 18.3 Å². The number of aromatic nitrogens is 5. The van der Waals surface area contributed by atoms with Crippen LogP contribution < -0.4 is 14.4 Å². The lowest BCUT2D eigenvalue weighted by Crippen LogP contribution is -2.41. The Morgan fingerprint density at radius 2 is 1.95 bits per heavy atom. The highest BCUT2D eigenvalue weighted by Crippen LogP contribution is 2.39. The lowest BCUT2D eigenvalue weighted by atomic mass is 9.94. The van der Waals surface area contributed by atoms with Crippen LogP contribution in [0.1, 0.15) is 61.2 Å². The van der Waals surface area contributed by atoms with Crippen LogP contribution >= 0.6 is 0 Å². The van der Waals surface area contributed by atoms with Crippen molar-refractivity contribution < 1.29 is 35.2 Å². The summed E-state index contributed by atoms with van der Waals surface area (Å²) in [6, 6.07) is 4.16. The van der Waals surface area contributed by atoms with E-state index < -0.39 is 51.5 Å². The van der Waals surface area contributed by atoms with E-state index in [-0.39, 0.29) is 34.7 Å². The monoisotopic (exact) mass is 600 g/mol. The van der Waals surface area contributed by atoms with E-state index >= 15 is 0 Å². The fourth-order valence-electron chi connectivity index (χ4n) is 4.70. The van der Waals surface area contributed by atoms with Crippen LogP contribution in [0.15, 0.2) is 35.5 Å². The number of aryl methyl sites for hydroxylation is 2. The molecule has 1 amide bonds. The molecule has 0 unspecified atom stereocenters. The average molecular weight is 601 g/mol. The Morgan fingerprint density at radius 1 is 1.24 bits per heavy atom. The molecule has 0 saturated carbocycles. The summed E-state index contributed by atoms with van der Waals surface area (Å²) in [6.07, 6.45) is -1.46. The Balaban J connectivity index is 1.68. The summed E-state index contributed by atoms with van der Waals surface area (Å²) in [5.74, 6) is -0.494. The summed E-state index contributed by atoms with van der Waals surface area (Å²) >= 11 is 0. The van der Waals surface area contributed by atoms with Gasteiger partial charge in [0.05, 0.1) is 16.7 Å². The highest BCUT2D eigenvalue weighted by Gasteiger charge is 2.48. The minimum Gasteiger partial charge on any atom is -0.476 e. The number of anilines is 1. The maximum atomic E-state index is 13.5. The van der Waals surface area contributed by atoms with Crippen LogP contribution in [0.3, 0.4) is 0 Å². The van der Waals surface area contributed by atoms with E-state index in [4.69, 9.17) is 8.85 Å². The molecule has 41 heavy (non-hydrogen) atoms. The summed E-state index contributed by atoms with van der Waals surface area (Å²) in [7, 11) is -4.54. The Bertz CT molecular complexity index is 1670. The van der Waals surface area contributed by atoms with Crippen LogP contribution in [0.5, 0.6) is 5.88 Å². The van der Waals surface area contributed by atoms with Crippen LogP contribution in [-0.2, 0) is 17.0 Å². The third kappa shape index (κ3) is 6.19. The molecule has 1 atom stereocenters. The number of hydrogen-bond acceptors (Lipinski definition) is 8. The number of pyridine rings is 1. The molecule has 0 spiro atoms. The predicted octanol–water partition coefficient (Wildman–Crippen LogP) is 4.02. The first kappa shape index (κ1) is 26.3. The molecule has 0 radical (unpaired) electrons. The number of ether oxygens (including phenoxy) is 1. The number of sulfonamides is 1. The molecule has 4 rings (SSSR count). The van der Waals surface area contributed by atoms with E-state index in [9.17, 15) is 26.4 Å². The van der Waals surface area contributed by atoms with Gasteiger partial charge < -0.3 is 9.64 Å². The molecule has 1 saturated heterocycles. The molecule has 0 aromatic carbocycles. The van der Waals surface area contributed by atoms with Crippen LogP contribution in [-0.4, -0.2) is 63.7 Å². The maximum absolute atomic E-state index is 13.5. The summed E-state index contributed by atoms with van der Waals surface area (Å²) in [5.41, 5.74) is -2.77. The van der Waals surface area contributed by atoms with Gasteiger partial charge in [-0.1, -0.05) is 6.92 Å². The first-order valence-corrected chi connectivity index (χ1v) is 14.2. The summed E-state index contributed by atoms with van der Waals surface area (Å²) in [4.78, 5) is 19.6. The first-order valence-electron chi connectivity index (χ1n) is 14.2. The van der Waals surface area contributed by atoms with Gasteiger partial charge in [0, 0.05) is 41.6 Å². The zero-order chi connectivity index (χ0) is 33.0. The Labute approximate surface area is 241 Å². The molecule has 1 aliphatic heterocycles. The van der Waals surface area contributed by atoms with Crippen molar-refractivity contribution in [3.63, 3.8) is 0 Å². The van der Waals surface area contributed by atoms with Crippen LogP contribution in [0.2, 0.25) is 0 Å². The zero-order valence-electron chi connectivity index (χ0n) is 26.4. The second kappa shape index (κ2) is 10.3. The molecule has 1 fully saturated rings. The number of nitrogens with zero attached hydrogens (tertiary/aromatic N) is 6. The molecule has 224 valence electrons. The van der Waals surface area contributed by atoms with Crippen molar-refractivity contribution >= 4 is 21.7 Å². The fourth-order valence-corrected chi connectivity index (χ4v) is 5.83. The van der Waals surface area contributed by atoms with Crippen molar-refractivity contribution in [2.45, 2.75) is 64.6 Å². The van der Waals surface area contributed by atoms with Gasteiger partial charge in [0.2, 0.25) is 5.88 Å². The van der Waals surface area contributed by atoms with E-state index in [1.165, 1.54) is 36.0 Å². The molecule has 0 bridgehead atoms. The molecule has 3 aromatic heterocycles. The van der Waals surface area contributed by atoms with Crippen LogP contribution in [0.4, 0.5) is 19.0 Å². The average Bonchev–Trinajstić information content (AvgIpc) is 3.58. The number of alkyl halides is 3. The normalized spacial score (nSPS) is 19.0. The highest BCUT2D eigenvalue weighted by atomic mass is 32.2. The lowest BCUT2D eigenvalue weighted by Gasteiger charge is -2.34. The molecule has 3 aromatic rings. The quantitative estimate of drug-likeness (QED) is 0.411. The number of nitrogens with one attached hydrogen (secondary N) is 1. The number of carbonyl (C=O) groups excluding carboxylic acids is 1. The third-order valence-electron chi connectivity index (χ3n) is 6.95. The van der Waals surface area contributed by atoms with E-state index in [0.29, 0.717) is 11.2 Å². The predicted molar refractivity (Wildman–Crippen MR) is 144 cm³/mol. The van der Waals surface area contributed by atoms with Gasteiger partial charge >= 0.3 is 6.18 Å². The standard InChI is InChI=1S/C26H34F3N7O4S/c1-16-12-25(5,6)35(13-16)22-18(23(37)33-41(38,39)19-14-34(7)31-17(19)2)8-9-20(30-22)36-11-10-21(32-36)40-15-24(3,4)26(27,28)29/h8-11,14,16H,12-13,15H2,1-7H3,(H,33,37)/t16-/m0/s1/i7D3. The Morgan fingerprint density at radius 3 is 2.54 bits per heavy atom. The summed E-state index contributed by atoms with van der Waals surface area (Å²) < 4.78 is 97.6. The van der Waals surface area contributed by atoms with E-state index in [1.807, 2.05) is 30.4 Å². The third-order valence-corrected chi connectivity index (χ3v) is 8.39. The van der Waals surface area contributed by atoms with E-state index in [2.05, 4.69) is 15.2 Å². The van der Waals surface area contributed by atoms with Gasteiger partial charge in [0.15, 0.2) is 5.82 Å². The number of rotatable bonds is 8. The maximum Gasteiger partial charge on any atom is 0.397 e. The molecule has 1 N–H and O–H groups in total. The SMILES string of the molecule is [2H]C([2H])([2H])n1cc(S(=O)(=O)NC(=O)c2ccc(-n3ccc(OCC(C)(C)C(F)(F)F)n3)nc2N2C[C@@H](C)CC2(C)C)c(C)n1. The molecule has 15 heteroatoms. The van der Waals surface area contributed by atoms with E-state index in [1.54, 1.807) is 0 Å². The topological polar surface area (TPSA) is 124 Å². The second-order valence-corrected chi connectivity index (χ2v) is 13.2. The summed E-state index contributed by atoms with van der Waals surface area (Å²) in [5, 5.41) is 7.93. The fraction of sp³-hybridized carbons (Fsp3) is 0.538. The van der Waals surface area contributed by atoms with Crippen LogP contribution in [0, 0.1) is 18.3 Å². The smallest absolute Gasteiger partial charge is 0.397 e. The number of hydrogen-bond donors (Lipinski definition) is 1. The number of carbonyl (C=O) groups is 1. The Kier molecular flexibility index (Phi) is 6.63. The van der Waals surface area contributed by atoms with Crippen molar-refractivity contribution in [2.75, 3.05) is 18.1 Å². The van der Waals surface area contributed by atoms with Gasteiger partial charge in [0.25, 0.3) is 15.9 Å². The molecule has 0 aliphatic carbocycles. The molecule has 4 heterocycles. The van der Waals surface area contributed by atoms with Crippen molar-refractivity contribution in [3.8, 4) is 11.7 Å². The molecule has 11 nitrogen and oxygen atoms in total. The van der Waals surface area contributed by atoms with Crippen molar-refractivity contribution in [1.29, 1.82) is 0 Å². The molecular weight excluding hydrogens is 563 g/mol. The lowest BCUT2D eigenvalue weighted by molar-refractivity contribution is -0.219. The van der Waals surface area contributed by atoms with Gasteiger partial charge in [0.1, 0.15) is 17.3 Å². The highest BCUT2D eigenvalue weighted by molar-refractivity contribution is 7.90. The van der Waals surface area contributed by atoms with Gasteiger partial charge in [-0.3, -0.25) is 9.48 Å². The minimum atomic E-state index is -4.54. The van der Waals surface area contributed by atoms with Gasteiger partial charge in [-0.15, -0.1) is 5.10 Å². The van der Waals surface area contributed by atoms with Gasteiger partial charge in [-0.05, 0) is 59.1 Å². The first-order chi connectivity index (χ1) is 20.0. The van der Waals surface area contributed by atoms with E-state index in [0.717, 1.165) is 26.5 Å². The Hall–Kier alpha value is -3.62. The van der Waals surface area contributed by atoms with Gasteiger partial charge in [-0.25, -0.2) is 22.8 Å². The molecule has 1 aliphatic rings. The minimum absolute atomic E-state index is 0.0679. The number of amides is 1. The van der Waals surface area contributed by atoms with Crippen LogP contribution in [0.25, 0.3) is 5.82 Å². The largest absolute Gasteiger partial charge is 0.476 e. The second-order valence-electron chi connectivity index (χ2n) is 11.5. The molecular formula is C26H34F3N7O4S. The number of halogens is 3.